The number of rotatable bonds is 8. The molecule has 0 aromatic heterocycles. The van der Waals surface area contributed by atoms with Crippen LogP contribution in [0.15, 0.2) is 45.6 Å². The molecule has 0 aliphatic carbocycles. The first-order valence-electron chi connectivity index (χ1n) is 12.5. The van der Waals surface area contributed by atoms with Crippen LogP contribution in [0.2, 0.25) is 0 Å². The molecule has 0 spiro atoms. The van der Waals surface area contributed by atoms with Crippen LogP contribution in [0.1, 0.15) is 61.8 Å². The van der Waals surface area contributed by atoms with Gasteiger partial charge in [0, 0.05) is 18.8 Å². The minimum Gasteiger partial charge on any atom is -0.466 e. The smallest absolute Gasteiger partial charge is 0.338 e. The standard InChI is InChI=1S/C27H36N4O3S/c1-5-22-24(26(33)34-4)25(21-15-18(2)9-10-19(21)3)31-20(17-35-27(31)29-22)16-23(32)28-11-14-30-12-7-6-8-13-30/h9-10,15,17,25H,5-8,11-14,16H2,1-4H3,(H,28,32)/t25-/m0/s1. The fraction of sp³-hybridized carbons (Fsp3) is 0.519. The van der Waals surface area contributed by atoms with E-state index in [2.05, 4.69) is 40.2 Å². The second kappa shape index (κ2) is 11.4. The van der Waals surface area contributed by atoms with Crippen molar-refractivity contribution in [1.82, 2.24) is 15.1 Å². The van der Waals surface area contributed by atoms with Gasteiger partial charge in [-0.1, -0.05) is 48.9 Å². The highest BCUT2D eigenvalue weighted by Crippen LogP contribution is 2.46. The van der Waals surface area contributed by atoms with Crippen molar-refractivity contribution in [2.75, 3.05) is 33.3 Å². The Labute approximate surface area is 212 Å². The van der Waals surface area contributed by atoms with Crippen LogP contribution in [-0.2, 0) is 14.3 Å². The number of aryl methyl sites for hydroxylation is 2. The zero-order chi connectivity index (χ0) is 24.9. The average molecular weight is 497 g/mol. The number of allylic oxidation sites excluding steroid dienone is 1. The summed E-state index contributed by atoms with van der Waals surface area (Å²) in [6.45, 7) is 9.87. The lowest BCUT2D eigenvalue weighted by atomic mass is 9.89. The first-order chi connectivity index (χ1) is 16.9. The molecular formula is C27H36N4O3S. The fourth-order valence-electron chi connectivity index (χ4n) is 5.02. The Morgan fingerprint density at radius 2 is 1.97 bits per heavy atom. The van der Waals surface area contributed by atoms with Gasteiger partial charge in [0.25, 0.3) is 0 Å². The summed E-state index contributed by atoms with van der Waals surface area (Å²) in [4.78, 5) is 35.3. The van der Waals surface area contributed by atoms with Crippen molar-refractivity contribution in [2.24, 2.45) is 4.99 Å². The third-order valence-electron chi connectivity index (χ3n) is 6.90. The highest BCUT2D eigenvalue weighted by atomic mass is 32.2. The van der Waals surface area contributed by atoms with E-state index in [-0.39, 0.29) is 24.3 Å². The number of likely N-dealkylation sites (tertiary alicyclic amines) is 1. The van der Waals surface area contributed by atoms with E-state index in [0.29, 0.717) is 18.5 Å². The predicted molar refractivity (Wildman–Crippen MR) is 141 cm³/mol. The van der Waals surface area contributed by atoms with E-state index >= 15 is 0 Å². The van der Waals surface area contributed by atoms with Crippen molar-refractivity contribution in [3.63, 3.8) is 0 Å². The van der Waals surface area contributed by atoms with Crippen LogP contribution in [0.4, 0.5) is 0 Å². The fourth-order valence-corrected chi connectivity index (χ4v) is 5.96. The molecule has 1 N–H and O–H groups in total. The van der Waals surface area contributed by atoms with Crippen LogP contribution in [0.3, 0.4) is 0 Å². The van der Waals surface area contributed by atoms with E-state index in [1.165, 1.54) is 38.1 Å². The molecule has 0 radical (unpaired) electrons. The average Bonchev–Trinajstić information content (AvgIpc) is 3.26. The van der Waals surface area contributed by atoms with Gasteiger partial charge in [-0.3, -0.25) is 4.79 Å². The van der Waals surface area contributed by atoms with Crippen molar-refractivity contribution >= 4 is 28.8 Å². The van der Waals surface area contributed by atoms with Gasteiger partial charge in [0.2, 0.25) is 5.91 Å². The largest absolute Gasteiger partial charge is 0.466 e. The maximum atomic E-state index is 13.0. The molecular weight excluding hydrogens is 460 g/mol. The lowest BCUT2D eigenvalue weighted by molar-refractivity contribution is -0.136. The quantitative estimate of drug-likeness (QED) is 0.537. The van der Waals surface area contributed by atoms with E-state index < -0.39 is 0 Å². The summed E-state index contributed by atoms with van der Waals surface area (Å²) in [7, 11) is 1.41. The lowest BCUT2D eigenvalue weighted by Crippen LogP contribution is -2.40. The monoisotopic (exact) mass is 496 g/mol. The van der Waals surface area contributed by atoms with Gasteiger partial charge in [-0.2, -0.15) is 0 Å². The minimum absolute atomic E-state index is 0.0142. The van der Waals surface area contributed by atoms with Crippen LogP contribution >= 0.6 is 11.8 Å². The van der Waals surface area contributed by atoms with Crippen LogP contribution < -0.4 is 5.32 Å². The number of hydrogen-bond acceptors (Lipinski definition) is 7. The number of aliphatic imine (C=N–C) groups is 1. The second-order valence-corrected chi connectivity index (χ2v) is 10.2. The van der Waals surface area contributed by atoms with E-state index in [1.807, 2.05) is 19.3 Å². The first-order valence-corrected chi connectivity index (χ1v) is 13.4. The number of amidine groups is 1. The molecule has 0 saturated carbocycles. The number of piperidine rings is 1. The third-order valence-corrected chi connectivity index (χ3v) is 7.79. The zero-order valence-corrected chi connectivity index (χ0v) is 22.0. The first kappa shape index (κ1) is 25.5. The number of hydrogen-bond donors (Lipinski definition) is 1. The van der Waals surface area contributed by atoms with Crippen molar-refractivity contribution in [2.45, 2.75) is 58.9 Å². The highest BCUT2D eigenvalue weighted by molar-refractivity contribution is 8.16. The topological polar surface area (TPSA) is 74.2 Å². The summed E-state index contributed by atoms with van der Waals surface area (Å²) in [6, 6.07) is 5.89. The Bertz CT molecular complexity index is 1070. The second-order valence-electron chi connectivity index (χ2n) is 9.39. The van der Waals surface area contributed by atoms with Crippen LogP contribution in [0.25, 0.3) is 0 Å². The van der Waals surface area contributed by atoms with Gasteiger partial charge in [0.1, 0.15) is 0 Å². The third kappa shape index (κ3) is 5.64. The number of nitrogens with zero attached hydrogens (tertiary/aromatic N) is 3. The number of methoxy groups -OCH3 is 1. The van der Waals surface area contributed by atoms with Gasteiger partial charge in [-0.25, -0.2) is 9.79 Å². The molecule has 3 heterocycles. The van der Waals surface area contributed by atoms with Crippen molar-refractivity contribution in [1.29, 1.82) is 0 Å². The molecule has 35 heavy (non-hydrogen) atoms. The Hall–Kier alpha value is -2.58. The van der Waals surface area contributed by atoms with Crippen LogP contribution in [0, 0.1) is 13.8 Å². The molecule has 1 saturated heterocycles. The minimum atomic E-state index is -0.382. The van der Waals surface area contributed by atoms with E-state index in [4.69, 9.17) is 9.73 Å². The van der Waals surface area contributed by atoms with E-state index in [1.54, 1.807) is 0 Å². The molecule has 1 fully saturated rings. The van der Waals surface area contributed by atoms with Gasteiger partial charge in [-0.05, 0) is 62.7 Å². The van der Waals surface area contributed by atoms with Gasteiger partial charge in [0.15, 0.2) is 5.17 Å². The van der Waals surface area contributed by atoms with Crippen molar-refractivity contribution < 1.29 is 14.3 Å². The van der Waals surface area contributed by atoms with Crippen molar-refractivity contribution in [3.8, 4) is 0 Å². The zero-order valence-electron chi connectivity index (χ0n) is 21.2. The van der Waals surface area contributed by atoms with Gasteiger partial charge in [0.05, 0.1) is 30.8 Å². The molecule has 4 rings (SSSR count). The summed E-state index contributed by atoms with van der Waals surface area (Å²) in [5.74, 6) is -0.391. The summed E-state index contributed by atoms with van der Waals surface area (Å²) < 4.78 is 5.22. The molecule has 1 aromatic carbocycles. The molecule has 188 valence electrons. The maximum absolute atomic E-state index is 13.0. The number of carbonyl (C=O) groups is 2. The SMILES string of the molecule is CCC1=C(C(=O)OC)[C@H](c2cc(C)ccc2C)N2C(CC(=O)NCCN3CCCCC3)=CSC2=N1. The predicted octanol–water partition coefficient (Wildman–Crippen LogP) is 4.43. The number of fused-ring (bicyclic) bond motifs is 1. The summed E-state index contributed by atoms with van der Waals surface area (Å²) in [5.41, 5.74) is 5.37. The highest BCUT2D eigenvalue weighted by Gasteiger charge is 2.42. The van der Waals surface area contributed by atoms with Crippen LogP contribution in [-0.4, -0.2) is 60.1 Å². The van der Waals surface area contributed by atoms with E-state index in [9.17, 15) is 9.59 Å². The summed E-state index contributed by atoms with van der Waals surface area (Å²) in [5, 5.41) is 5.89. The summed E-state index contributed by atoms with van der Waals surface area (Å²) in [6.07, 6.45) is 4.65. The van der Waals surface area contributed by atoms with E-state index in [0.717, 1.165) is 52.9 Å². The Morgan fingerprint density at radius 3 is 2.69 bits per heavy atom. The van der Waals surface area contributed by atoms with Gasteiger partial charge < -0.3 is 19.9 Å². The number of esters is 1. The molecule has 8 heteroatoms. The Morgan fingerprint density at radius 1 is 1.20 bits per heavy atom. The van der Waals surface area contributed by atoms with Gasteiger partial charge >= 0.3 is 5.97 Å². The Balaban J connectivity index is 1.57. The molecule has 3 aliphatic rings. The normalized spacial score (nSPS) is 20.3. The lowest BCUT2D eigenvalue weighted by Gasteiger charge is -2.37. The van der Waals surface area contributed by atoms with Crippen LogP contribution in [0.5, 0.6) is 0 Å². The molecule has 3 aliphatic heterocycles. The molecule has 0 bridgehead atoms. The Kier molecular flexibility index (Phi) is 8.34. The van der Waals surface area contributed by atoms with Gasteiger partial charge in [-0.15, -0.1) is 0 Å². The molecule has 1 aromatic rings. The summed E-state index contributed by atoms with van der Waals surface area (Å²) >= 11 is 1.51. The number of amides is 1. The number of ether oxygens (including phenoxy) is 1. The number of thioether (sulfide) groups is 1. The number of benzene rings is 1. The molecule has 1 atom stereocenters. The molecule has 7 nitrogen and oxygen atoms in total. The molecule has 1 amide bonds. The number of nitrogens with one attached hydrogen (secondary N) is 1. The van der Waals surface area contributed by atoms with Crippen molar-refractivity contribution in [3.05, 3.63) is 57.3 Å². The maximum Gasteiger partial charge on any atom is 0.338 e. The number of carbonyl (C=O) groups excluding carboxylic acids is 2. The molecule has 0 unspecified atom stereocenters.